The average Bonchev–Trinajstić information content (AvgIpc) is 4.19. The van der Waals surface area contributed by atoms with Crippen molar-refractivity contribution in [1.29, 1.82) is 0 Å². The zero-order valence-corrected chi connectivity index (χ0v) is 40.4. The van der Waals surface area contributed by atoms with E-state index in [9.17, 15) is 0 Å². The van der Waals surface area contributed by atoms with Crippen molar-refractivity contribution >= 4 is 74.1 Å². The van der Waals surface area contributed by atoms with Crippen LogP contribution in [0.1, 0.15) is 24.0 Å². The van der Waals surface area contributed by atoms with E-state index in [2.05, 4.69) is 266 Å². The molecule has 0 radical (unpaired) electrons. The van der Waals surface area contributed by atoms with Crippen LogP contribution in [-0.4, -0.2) is 8.07 Å². The van der Waals surface area contributed by atoms with Crippen LogP contribution in [0, 0.1) is 0 Å². The van der Waals surface area contributed by atoms with Crippen LogP contribution in [0.15, 0.2) is 243 Å². The van der Waals surface area contributed by atoms with Gasteiger partial charge in [0, 0.05) is 39.2 Å². The van der Waals surface area contributed by atoms with Crippen LogP contribution in [0.2, 0.25) is 13.1 Å². The minimum atomic E-state index is -2.09. The van der Waals surface area contributed by atoms with Crippen LogP contribution in [-0.2, 0) is 5.41 Å². The number of hydrogen-bond donors (Lipinski definition) is 0. The first-order chi connectivity index (χ1) is 34.5. The standard InChI is InChI=1S/C67H50N2Si/c1-70(2)64-43-46(31-34-57(64)58-35-32-51(44-65(58)70)68(47-18-7-3-8-19-47)48-20-9-4-10-21-48)53-36-38-61-66-59(53)28-17-29-60(66)55-33-30-45(42-62(55)67(61)40-41-67)52-37-39-63(56-27-16-15-26-54(52)56)69(49-22-11-5-12-23-49)50-24-13-6-14-25-50/h3-39,42-44H,40-41H2,1-2H3. The molecule has 14 rings (SSSR count). The lowest BCUT2D eigenvalue weighted by Gasteiger charge is -2.31. The van der Waals surface area contributed by atoms with Crippen LogP contribution >= 0.6 is 0 Å². The second-order valence-corrected chi connectivity index (χ2v) is 24.4. The zero-order chi connectivity index (χ0) is 46.6. The summed E-state index contributed by atoms with van der Waals surface area (Å²) in [5.74, 6) is 0. The van der Waals surface area contributed by atoms with Crippen LogP contribution in [0.25, 0.3) is 66.1 Å². The van der Waals surface area contributed by atoms with Gasteiger partial charge < -0.3 is 9.80 Å². The molecule has 1 fully saturated rings. The molecule has 0 N–H and O–H groups in total. The molecule has 70 heavy (non-hydrogen) atoms. The minimum Gasteiger partial charge on any atom is -0.311 e. The third-order valence-electron chi connectivity index (χ3n) is 15.9. The Balaban J connectivity index is 0.846. The maximum atomic E-state index is 2.56. The number of anilines is 6. The second kappa shape index (κ2) is 15.6. The van der Waals surface area contributed by atoms with Crippen molar-refractivity contribution in [1.82, 2.24) is 0 Å². The van der Waals surface area contributed by atoms with Gasteiger partial charge in [-0.1, -0.05) is 183 Å². The van der Waals surface area contributed by atoms with Crippen molar-refractivity contribution in [2.24, 2.45) is 0 Å². The molecule has 1 aliphatic heterocycles. The topological polar surface area (TPSA) is 6.48 Å². The Morgan fingerprint density at radius 2 is 0.814 bits per heavy atom. The molecule has 1 heterocycles. The zero-order valence-electron chi connectivity index (χ0n) is 39.4. The summed E-state index contributed by atoms with van der Waals surface area (Å²) < 4.78 is 0. The molecule has 3 aliphatic rings. The molecule has 0 atom stereocenters. The molecule has 0 unspecified atom stereocenters. The Hall–Kier alpha value is -8.24. The van der Waals surface area contributed by atoms with Crippen LogP contribution in [0.4, 0.5) is 34.1 Å². The van der Waals surface area contributed by atoms with Gasteiger partial charge in [-0.25, -0.2) is 0 Å². The third-order valence-corrected chi connectivity index (χ3v) is 19.4. The molecule has 1 spiro atoms. The van der Waals surface area contributed by atoms with E-state index in [0.717, 1.165) is 11.4 Å². The smallest absolute Gasteiger partial charge is 0.113 e. The van der Waals surface area contributed by atoms with E-state index in [1.807, 2.05) is 0 Å². The Morgan fingerprint density at radius 1 is 0.329 bits per heavy atom. The molecule has 1 saturated carbocycles. The van der Waals surface area contributed by atoms with Gasteiger partial charge in [0.2, 0.25) is 0 Å². The van der Waals surface area contributed by atoms with E-state index in [-0.39, 0.29) is 5.41 Å². The molecule has 11 aromatic carbocycles. The summed E-state index contributed by atoms with van der Waals surface area (Å²) in [6.07, 6.45) is 2.33. The Bertz CT molecular complexity index is 3780. The summed E-state index contributed by atoms with van der Waals surface area (Å²) >= 11 is 0. The van der Waals surface area contributed by atoms with Gasteiger partial charge in [0.05, 0.1) is 5.69 Å². The fourth-order valence-electron chi connectivity index (χ4n) is 12.4. The highest BCUT2D eigenvalue weighted by atomic mass is 28.3. The molecule has 0 bridgehead atoms. The van der Waals surface area contributed by atoms with Crippen molar-refractivity contribution in [3.05, 3.63) is 254 Å². The quantitative estimate of drug-likeness (QED) is 0.140. The summed E-state index contributed by atoms with van der Waals surface area (Å²) in [4.78, 5) is 4.78. The lowest BCUT2D eigenvalue weighted by atomic mass is 9.73. The highest BCUT2D eigenvalue weighted by Gasteiger charge is 2.50. The number of benzene rings is 11. The first-order valence-electron chi connectivity index (χ1n) is 24.8. The number of fused-ring (bicyclic) bond motifs is 8. The summed E-state index contributed by atoms with van der Waals surface area (Å²) in [7, 11) is -2.09. The summed E-state index contributed by atoms with van der Waals surface area (Å²) in [5.41, 5.74) is 20.7. The Kier molecular flexibility index (Phi) is 9.12. The Morgan fingerprint density at radius 3 is 1.44 bits per heavy atom. The van der Waals surface area contributed by atoms with Gasteiger partial charge in [0.15, 0.2) is 0 Å². The van der Waals surface area contributed by atoms with Crippen molar-refractivity contribution in [2.45, 2.75) is 31.4 Å². The van der Waals surface area contributed by atoms with Crippen molar-refractivity contribution in [2.75, 3.05) is 9.80 Å². The predicted octanol–water partition coefficient (Wildman–Crippen LogP) is 17.1. The predicted molar refractivity (Wildman–Crippen MR) is 299 cm³/mol. The molecular formula is C67H50N2Si. The number of nitrogens with zero attached hydrogens (tertiary/aromatic N) is 2. The minimum absolute atomic E-state index is 0.0171. The first kappa shape index (κ1) is 40.8. The van der Waals surface area contributed by atoms with E-state index >= 15 is 0 Å². The van der Waals surface area contributed by atoms with Crippen LogP contribution < -0.4 is 20.2 Å². The number of rotatable bonds is 8. The fourth-order valence-corrected chi connectivity index (χ4v) is 15.5. The molecule has 332 valence electrons. The maximum absolute atomic E-state index is 2.56. The van der Waals surface area contributed by atoms with E-state index in [1.54, 1.807) is 0 Å². The van der Waals surface area contributed by atoms with Crippen molar-refractivity contribution < 1.29 is 0 Å². The van der Waals surface area contributed by atoms with Crippen molar-refractivity contribution in [3.63, 3.8) is 0 Å². The highest BCUT2D eigenvalue weighted by molar-refractivity contribution is 7.04. The van der Waals surface area contributed by atoms with Gasteiger partial charge in [-0.15, -0.1) is 0 Å². The molecule has 2 nitrogen and oxygen atoms in total. The normalized spacial score (nSPS) is 14.3. The maximum Gasteiger partial charge on any atom is 0.113 e. The van der Waals surface area contributed by atoms with Crippen LogP contribution in [0.3, 0.4) is 0 Å². The van der Waals surface area contributed by atoms with E-state index < -0.39 is 8.07 Å². The van der Waals surface area contributed by atoms with Gasteiger partial charge in [0.1, 0.15) is 8.07 Å². The average molecular weight is 911 g/mol. The van der Waals surface area contributed by atoms with E-state index in [1.165, 1.54) is 123 Å². The molecule has 2 aliphatic carbocycles. The summed E-state index contributed by atoms with van der Waals surface area (Å²) in [6, 6.07) is 90.5. The molecule has 11 aromatic rings. The number of para-hydroxylation sites is 4. The SMILES string of the molecule is C[Si]1(C)c2cc(-c3ccc4c5c(cccc35)-c3ccc(-c5ccc(N(c6ccccc6)c6ccccc6)c6ccccc56)cc3C43CC3)ccc2-c2ccc(N(c3ccccc3)c3ccccc3)cc21. The summed E-state index contributed by atoms with van der Waals surface area (Å²) in [6.45, 7) is 5.09. The number of hydrogen-bond acceptors (Lipinski definition) is 2. The third kappa shape index (κ3) is 6.18. The van der Waals surface area contributed by atoms with Gasteiger partial charge >= 0.3 is 0 Å². The lowest BCUT2D eigenvalue weighted by molar-refractivity contribution is 0.854. The van der Waals surface area contributed by atoms with Gasteiger partial charge in [-0.05, 0) is 168 Å². The monoisotopic (exact) mass is 910 g/mol. The highest BCUT2D eigenvalue weighted by Crippen LogP contribution is 2.62. The Labute approximate surface area is 411 Å². The van der Waals surface area contributed by atoms with E-state index in [0.29, 0.717) is 0 Å². The lowest BCUT2D eigenvalue weighted by Crippen LogP contribution is -2.49. The molecule has 0 saturated heterocycles. The molecule has 3 heteroatoms. The van der Waals surface area contributed by atoms with Gasteiger partial charge in [0.25, 0.3) is 0 Å². The molecule has 0 aromatic heterocycles. The fraction of sp³-hybridized carbons (Fsp3) is 0.0746. The largest absolute Gasteiger partial charge is 0.311 e. The molecule has 0 amide bonds. The second-order valence-electron chi connectivity index (χ2n) is 20.0. The van der Waals surface area contributed by atoms with Gasteiger partial charge in [-0.3, -0.25) is 0 Å². The van der Waals surface area contributed by atoms with Crippen molar-refractivity contribution in [3.8, 4) is 44.5 Å². The van der Waals surface area contributed by atoms with Crippen LogP contribution in [0.5, 0.6) is 0 Å². The first-order valence-corrected chi connectivity index (χ1v) is 27.8. The van der Waals surface area contributed by atoms with Gasteiger partial charge in [-0.2, -0.15) is 0 Å². The summed E-state index contributed by atoms with van der Waals surface area (Å²) in [5, 5.41) is 8.31. The molecular weight excluding hydrogens is 861 g/mol. The van der Waals surface area contributed by atoms with E-state index in [4.69, 9.17) is 0 Å².